The summed E-state index contributed by atoms with van der Waals surface area (Å²) in [6.45, 7) is 3.34. The number of ether oxygens (including phenoxy) is 1. The highest BCUT2D eigenvalue weighted by Gasteiger charge is 2.09. The van der Waals surface area contributed by atoms with Gasteiger partial charge in [0.15, 0.2) is 11.6 Å². The molecule has 5 heteroatoms. The molecule has 0 aromatic heterocycles. The van der Waals surface area contributed by atoms with Crippen molar-refractivity contribution >= 4 is 0 Å². The zero-order valence-electron chi connectivity index (χ0n) is 9.90. The van der Waals surface area contributed by atoms with Crippen molar-refractivity contribution in [3.8, 4) is 0 Å². The van der Waals surface area contributed by atoms with Crippen molar-refractivity contribution in [2.45, 2.75) is 13.5 Å². The number of nitrogens with one attached hydrogen (secondary N) is 1. The van der Waals surface area contributed by atoms with Gasteiger partial charge in [-0.05, 0) is 12.0 Å². The molecule has 1 N–H and O–H groups in total. The molecule has 0 fully saturated rings. The van der Waals surface area contributed by atoms with Crippen molar-refractivity contribution in [2.24, 2.45) is 5.92 Å². The number of benzene rings is 1. The Morgan fingerprint density at radius 3 is 2.47 bits per heavy atom. The Labute approximate surface area is 98.8 Å². The second-order valence-corrected chi connectivity index (χ2v) is 4.05. The molecule has 1 aromatic rings. The second kappa shape index (κ2) is 6.61. The molecule has 0 saturated carbocycles. The summed E-state index contributed by atoms with van der Waals surface area (Å²) in [6.07, 6.45) is 0. The van der Waals surface area contributed by atoms with Crippen LogP contribution in [-0.4, -0.2) is 20.3 Å². The zero-order valence-corrected chi connectivity index (χ0v) is 9.90. The highest BCUT2D eigenvalue weighted by molar-refractivity contribution is 5.19. The SMILES string of the molecule is COCC(C)CNCc1cc(F)c(F)cc1F. The van der Waals surface area contributed by atoms with E-state index < -0.39 is 17.5 Å². The predicted molar refractivity (Wildman–Crippen MR) is 59.1 cm³/mol. The Morgan fingerprint density at radius 1 is 1.18 bits per heavy atom. The average molecular weight is 247 g/mol. The van der Waals surface area contributed by atoms with E-state index in [0.717, 1.165) is 6.07 Å². The van der Waals surface area contributed by atoms with Crippen molar-refractivity contribution in [2.75, 3.05) is 20.3 Å². The normalized spacial score (nSPS) is 12.8. The van der Waals surface area contributed by atoms with Gasteiger partial charge in [0.05, 0.1) is 0 Å². The maximum Gasteiger partial charge on any atom is 0.161 e. The van der Waals surface area contributed by atoms with Crippen LogP contribution in [0.3, 0.4) is 0 Å². The first-order valence-corrected chi connectivity index (χ1v) is 5.37. The number of rotatable bonds is 6. The molecule has 1 rings (SSSR count). The van der Waals surface area contributed by atoms with Crippen molar-refractivity contribution < 1.29 is 17.9 Å². The lowest BCUT2D eigenvalue weighted by Crippen LogP contribution is -2.24. The maximum absolute atomic E-state index is 13.2. The van der Waals surface area contributed by atoms with Gasteiger partial charge < -0.3 is 10.1 Å². The second-order valence-electron chi connectivity index (χ2n) is 4.05. The first kappa shape index (κ1) is 14.0. The maximum atomic E-state index is 13.2. The van der Waals surface area contributed by atoms with Crippen LogP contribution in [0.15, 0.2) is 12.1 Å². The summed E-state index contributed by atoms with van der Waals surface area (Å²) in [7, 11) is 1.60. The van der Waals surface area contributed by atoms with Gasteiger partial charge in [0.1, 0.15) is 5.82 Å². The van der Waals surface area contributed by atoms with Crippen LogP contribution in [0.2, 0.25) is 0 Å². The molecule has 0 spiro atoms. The quantitative estimate of drug-likeness (QED) is 0.780. The van der Waals surface area contributed by atoms with E-state index in [4.69, 9.17) is 4.74 Å². The van der Waals surface area contributed by atoms with Gasteiger partial charge in [-0.3, -0.25) is 0 Å². The molecule has 17 heavy (non-hydrogen) atoms. The van der Waals surface area contributed by atoms with Gasteiger partial charge in [-0.1, -0.05) is 6.92 Å². The molecule has 0 saturated heterocycles. The van der Waals surface area contributed by atoms with Crippen LogP contribution in [0, 0.1) is 23.4 Å². The average Bonchev–Trinajstić information content (AvgIpc) is 2.26. The first-order valence-electron chi connectivity index (χ1n) is 5.37. The van der Waals surface area contributed by atoms with E-state index in [1.807, 2.05) is 6.92 Å². The van der Waals surface area contributed by atoms with E-state index in [1.165, 1.54) is 0 Å². The van der Waals surface area contributed by atoms with Gasteiger partial charge in [0, 0.05) is 38.4 Å². The first-order chi connectivity index (χ1) is 8.04. The third kappa shape index (κ3) is 4.36. The molecule has 96 valence electrons. The highest BCUT2D eigenvalue weighted by Crippen LogP contribution is 2.13. The van der Waals surface area contributed by atoms with Crippen LogP contribution in [0.5, 0.6) is 0 Å². The fraction of sp³-hybridized carbons (Fsp3) is 0.500. The minimum atomic E-state index is -1.17. The van der Waals surface area contributed by atoms with E-state index in [-0.39, 0.29) is 18.0 Å². The van der Waals surface area contributed by atoms with Crippen LogP contribution < -0.4 is 5.32 Å². The number of hydrogen-bond acceptors (Lipinski definition) is 2. The fourth-order valence-electron chi connectivity index (χ4n) is 1.50. The molecule has 1 unspecified atom stereocenters. The standard InChI is InChI=1S/C12H16F3NO/c1-8(7-17-2)5-16-6-9-3-11(14)12(15)4-10(9)13/h3-4,8,16H,5-7H2,1-2H3. The summed E-state index contributed by atoms with van der Waals surface area (Å²) in [5, 5.41) is 2.96. The van der Waals surface area contributed by atoms with Gasteiger partial charge in [-0.15, -0.1) is 0 Å². The Balaban J connectivity index is 2.49. The molecule has 1 atom stereocenters. The Kier molecular flexibility index (Phi) is 5.44. The third-order valence-electron chi connectivity index (χ3n) is 2.35. The van der Waals surface area contributed by atoms with Crippen LogP contribution in [0.25, 0.3) is 0 Å². The lowest BCUT2D eigenvalue weighted by molar-refractivity contribution is 0.158. The Hall–Kier alpha value is -1.07. The largest absolute Gasteiger partial charge is 0.384 e. The highest BCUT2D eigenvalue weighted by atomic mass is 19.2. The minimum absolute atomic E-state index is 0.119. The van der Waals surface area contributed by atoms with E-state index >= 15 is 0 Å². The van der Waals surface area contributed by atoms with Gasteiger partial charge in [-0.25, -0.2) is 13.2 Å². The number of halogens is 3. The third-order valence-corrected chi connectivity index (χ3v) is 2.35. The predicted octanol–water partition coefficient (Wildman–Crippen LogP) is 2.48. The number of hydrogen-bond donors (Lipinski definition) is 1. The summed E-state index contributed by atoms with van der Waals surface area (Å²) < 4.78 is 43.7. The van der Waals surface area contributed by atoms with Crippen LogP contribution in [0.1, 0.15) is 12.5 Å². The van der Waals surface area contributed by atoms with Crippen molar-refractivity contribution in [3.05, 3.63) is 35.1 Å². The zero-order chi connectivity index (χ0) is 12.8. The van der Waals surface area contributed by atoms with E-state index in [1.54, 1.807) is 7.11 Å². The summed E-state index contributed by atoms with van der Waals surface area (Å²) in [5.74, 6) is -2.67. The van der Waals surface area contributed by atoms with Crippen LogP contribution in [-0.2, 0) is 11.3 Å². The van der Waals surface area contributed by atoms with Gasteiger partial charge >= 0.3 is 0 Å². The topological polar surface area (TPSA) is 21.3 Å². The molecule has 0 amide bonds. The number of methoxy groups -OCH3 is 1. The lowest BCUT2D eigenvalue weighted by Gasteiger charge is -2.12. The summed E-state index contributed by atoms with van der Waals surface area (Å²) in [6, 6.07) is 1.43. The van der Waals surface area contributed by atoms with Crippen molar-refractivity contribution in [1.82, 2.24) is 5.32 Å². The molecular weight excluding hydrogens is 231 g/mol. The van der Waals surface area contributed by atoms with Crippen molar-refractivity contribution in [3.63, 3.8) is 0 Å². The van der Waals surface area contributed by atoms with Crippen LogP contribution in [0.4, 0.5) is 13.2 Å². The van der Waals surface area contributed by atoms with E-state index in [9.17, 15) is 13.2 Å². The minimum Gasteiger partial charge on any atom is -0.384 e. The smallest absolute Gasteiger partial charge is 0.161 e. The summed E-state index contributed by atoms with van der Waals surface area (Å²) >= 11 is 0. The van der Waals surface area contributed by atoms with Crippen LogP contribution >= 0.6 is 0 Å². The molecule has 0 aliphatic heterocycles. The fourth-order valence-corrected chi connectivity index (χ4v) is 1.50. The molecule has 0 aliphatic carbocycles. The monoisotopic (exact) mass is 247 g/mol. The van der Waals surface area contributed by atoms with E-state index in [2.05, 4.69) is 5.32 Å². The summed E-state index contributed by atoms with van der Waals surface area (Å²) in [4.78, 5) is 0. The molecule has 1 aromatic carbocycles. The lowest BCUT2D eigenvalue weighted by atomic mass is 10.1. The van der Waals surface area contributed by atoms with E-state index in [0.29, 0.717) is 19.2 Å². The Bertz CT molecular complexity index is 371. The van der Waals surface area contributed by atoms with Gasteiger partial charge in [-0.2, -0.15) is 0 Å². The van der Waals surface area contributed by atoms with Gasteiger partial charge in [0.2, 0.25) is 0 Å². The van der Waals surface area contributed by atoms with Gasteiger partial charge in [0.25, 0.3) is 0 Å². The molecule has 0 radical (unpaired) electrons. The Morgan fingerprint density at radius 2 is 1.82 bits per heavy atom. The molecule has 0 heterocycles. The molecule has 2 nitrogen and oxygen atoms in total. The van der Waals surface area contributed by atoms with Crippen molar-refractivity contribution in [1.29, 1.82) is 0 Å². The molecule has 0 aliphatic rings. The summed E-state index contributed by atoms with van der Waals surface area (Å²) in [5.41, 5.74) is 0.119. The molecule has 0 bridgehead atoms. The molecular formula is C12H16F3NO.